The highest BCUT2D eigenvalue weighted by molar-refractivity contribution is 6.04. The summed E-state index contributed by atoms with van der Waals surface area (Å²) < 4.78 is 25.6. The SMILES string of the molecule is O=C(Nc1ccc(CNc2ncc(F)cn2)cc1)c1ccc(F)cc1. The molecule has 2 N–H and O–H groups in total. The number of amides is 1. The number of carbonyl (C=O) groups excluding carboxylic acids is 1. The lowest BCUT2D eigenvalue weighted by Gasteiger charge is -2.08. The first-order valence-corrected chi connectivity index (χ1v) is 7.47. The van der Waals surface area contributed by atoms with Gasteiger partial charge in [0.2, 0.25) is 5.95 Å². The molecular weight excluding hydrogens is 326 g/mol. The zero-order valence-electron chi connectivity index (χ0n) is 13.0. The topological polar surface area (TPSA) is 66.9 Å². The first kappa shape index (κ1) is 16.5. The maximum absolute atomic E-state index is 12.9. The molecule has 0 saturated heterocycles. The van der Waals surface area contributed by atoms with Crippen LogP contribution in [0.3, 0.4) is 0 Å². The molecule has 0 spiro atoms. The standard InChI is InChI=1S/C18H14F2N4O/c19-14-5-3-13(4-6-14)17(25)24-16-7-1-12(2-8-16)9-21-18-22-10-15(20)11-23-18/h1-8,10-11H,9H2,(H,24,25)(H,21,22,23). The van der Waals surface area contributed by atoms with E-state index in [9.17, 15) is 13.6 Å². The highest BCUT2D eigenvalue weighted by Crippen LogP contribution is 2.13. The van der Waals surface area contributed by atoms with Crippen molar-refractivity contribution in [3.63, 3.8) is 0 Å². The Morgan fingerprint density at radius 1 is 0.880 bits per heavy atom. The van der Waals surface area contributed by atoms with E-state index in [1.165, 1.54) is 24.3 Å². The van der Waals surface area contributed by atoms with Gasteiger partial charge in [-0.3, -0.25) is 4.79 Å². The molecule has 3 aromatic rings. The predicted octanol–water partition coefficient (Wildman–Crippen LogP) is 3.62. The molecule has 0 radical (unpaired) electrons. The Kier molecular flexibility index (Phi) is 4.94. The normalized spacial score (nSPS) is 10.3. The van der Waals surface area contributed by atoms with Crippen LogP contribution in [0.5, 0.6) is 0 Å². The molecule has 0 aliphatic carbocycles. The van der Waals surface area contributed by atoms with Gasteiger partial charge in [0.25, 0.3) is 5.91 Å². The summed E-state index contributed by atoms with van der Waals surface area (Å²) in [7, 11) is 0. The maximum Gasteiger partial charge on any atom is 0.255 e. The lowest BCUT2D eigenvalue weighted by Crippen LogP contribution is -2.12. The van der Waals surface area contributed by atoms with Gasteiger partial charge in [-0.05, 0) is 42.0 Å². The van der Waals surface area contributed by atoms with E-state index < -0.39 is 11.6 Å². The molecule has 0 aliphatic heterocycles. The number of rotatable bonds is 5. The Morgan fingerprint density at radius 2 is 1.52 bits per heavy atom. The zero-order chi connectivity index (χ0) is 17.6. The molecular formula is C18H14F2N4O. The smallest absolute Gasteiger partial charge is 0.255 e. The second-order valence-electron chi connectivity index (χ2n) is 5.24. The monoisotopic (exact) mass is 340 g/mol. The number of benzene rings is 2. The van der Waals surface area contributed by atoms with Crippen molar-refractivity contribution in [2.45, 2.75) is 6.54 Å². The van der Waals surface area contributed by atoms with Crippen LogP contribution in [-0.2, 0) is 6.54 Å². The quantitative estimate of drug-likeness (QED) is 0.744. The second-order valence-corrected chi connectivity index (χ2v) is 5.24. The Hall–Kier alpha value is -3.35. The first-order valence-electron chi connectivity index (χ1n) is 7.47. The van der Waals surface area contributed by atoms with Crippen molar-refractivity contribution < 1.29 is 13.6 Å². The fraction of sp³-hybridized carbons (Fsp3) is 0.0556. The van der Waals surface area contributed by atoms with E-state index in [1.54, 1.807) is 12.1 Å². The third kappa shape index (κ3) is 4.57. The number of hydrogen-bond acceptors (Lipinski definition) is 4. The summed E-state index contributed by atoms with van der Waals surface area (Å²) in [6.45, 7) is 0.456. The van der Waals surface area contributed by atoms with Crippen LogP contribution in [0, 0.1) is 11.6 Å². The maximum atomic E-state index is 12.9. The molecule has 0 aliphatic rings. The summed E-state index contributed by atoms with van der Waals surface area (Å²) in [4.78, 5) is 19.7. The minimum Gasteiger partial charge on any atom is -0.350 e. The van der Waals surface area contributed by atoms with Gasteiger partial charge >= 0.3 is 0 Å². The van der Waals surface area contributed by atoms with Crippen LogP contribution in [0.2, 0.25) is 0 Å². The van der Waals surface area contributed by atoms with Gasteiger partial charge in [0.1, 0.15) is 5.82 Å². The van der Waals surface area contributed by atoms with E-state index in [-0.39, 0.29) is 5.91 Å². The van der Waals surface area contributed by atoms with E-state index in [0.717, 1.165) is 18.0 Å². The van der Waals surface area contributed by atoms with Crippen LogP contribution in [0.25, 0.3) is 0 Å². The van der Waals surface area contributed by atoms with Crippen LogP contribution in [-0.4, -0.2) is 15.9 Å². The van der Waals surface area contributed by atoms with E-state index >= 15 is 0 Å². The number of anilines is 2. The molecule has 126 valence electrons. The summed E-state index contributed by atoms with van der Waals surface area (Å²) in [5, 5.41) is 5.70. The van der Waals surface area contributed by atoms with Gasteiger partial charge in [-0.2, -0.15) is 0 Å². The number of aromatic nitrogens is 2. The van der Waals surface area contributed by atoms with Crippen molar-refractivity contribution in [2.24, 2.45) is 0 Å². The third-order valence-corrected chi connectivity index (χ3v) is 3.39. The molecule has 1 aromatic heterocycles. The summed E-state index contributed by atoms with van der Waals surface area (Å²) in [6, 6.07) is 12.5. The molecule has 1 heterocycles. The van der Waals surface area contributed by atoms with Gasteiger partial charge in [0.05, 0.1) is 12.4 Å². The van der Waals surface area contributed by atoms with E-state index in [4.69, 9.17) is 0 Å². The van der Waals surface area contributed by atoms with Gasteiger partial charge in [0.15, 0.2) is 5.82 Å². The minimum atomic E-state index is -0.494. The van der Waals surface area contributed by atoms with Crippen LogP contribution < -0.4 is 10.6 Å². The fourth-order valence-corrected chi connectivity index (χ4v) is 2.10. The molecule has 1 amide bonds. The van der Waals surface area contributed by atoms with Gasteiger partial charge in [-0.25, -0.2) is 18.7 Å². The summed E-state index contributed by atoms with van der Waals surface area (Å²) in [5.41, 5.74) is 1.93. The summed E-state index contributed by atoms with van der Waals surface area (Å²) >= 11 is 0. The number of carbonyl (C=O) groups is 1. The Morgan fingerprint density at radius 3 is 2.16 bits per heavy atom. The first-order chi connectivity index (χ1) is 12.1. The Balaban J connectivity index is 1.57. The molecule has 5 nitrogen and oxygen atoms in total. The van der Waals surface area contributed by atoms with Crippen LogP contribution >= 0.6 is 0 Å². The van der Waals surface area contributed by atoms with Crippen molar-refractivity contribution in [2.75, 3.05) is 10.6 Å². The highest BCUT2D eigenvalue weighted by atomic mass is 19.1. The summed E-state index contributed by atoms with van der Waals surface area (Å²) in [5.74, 6) is -0.869. The van der Waals surface area contributed by atoms with Gasteiger partial charge < -0.3 is 10.6 Å². The van der Waals surface area contributed by atoms with Gasteiger partial charge in [0, 0.05) is 17.8 Å². The van der Waals surface area contributed by atoms with Crippen LogP contribution in [0.1, 0.15) is 15.9 Å². The Labute approximate surface area is 142 Å². The molecule has 2 aromatic carbocycles. The van der Waals surface area contributed by atoms with Crippen LogP contribution in [0.15, 0.2) is 60.9 Å². The average molecular weight is 340 g/mol. The molecule has 0 unspecified atom stereocenters. The number of halogens is 2. The van der Waals surface area contributed by atoms with E-state index in [0.29, 0.717) is 23.7 Å². The van der Waals surface area contributed by atoms with Crippen molar-refractivity contribution in [1.29, 1.82) is 0 Å². The number of hydrogen-bond donors (Lipinski definition) is 2. The van der Waals surface area contributed by atoms with E-state index in [2.05, 4.69) is 20.6 Å². The van der Waals surface area contributed by atoms with Crippen molar-refractivity contribution in [1.82, 2.24) is 9.97 Å². The van der Waals surface area contributed by atoms with Crippen LogP contribution in [0.4, 0.5) is 20.4 Å². The summed E-state index contributed by atoms with van der Waals surface area (Å²) in [6.07, 6.45) is 2.17. The van der Waals surface area contributed by atoms with Crippen molar-refractivity contribution >= 4 is 17.5 Å². The molecule has 7 heteroatoms. The molecule has 0 saturated carbocycles. The molecule has 0 fully saturated rings. The van der Waals surface area contributed by atoms with Gasteiger partial charge in [-0.15, -0.1) is 0 Å². The van der Waals surface area contributed by atoms with Gasteiger partial charge in [-0.1, -0.05) is 12.1 Å². The lowest BCUT2D eigenvalue weighted by atomic mass is 10.2. The van der Waals surface area contributed by atoms with E-state index in [1.807, 2.05) is 12.1 Å². The van der Waals surface area contributed by atoms with Crippen molar-refractivity contribution in [3.8, 4) is 0 Å². The second kappa shape index (κ2) is 7.48. The third-order valence-electron chi connectivity index (χ3n) is 3.39. The number of nitrogens with one attached hydrogen (secondary N) is 2. The predicted molar refractivity (Wildman–Crippen MR) is 90.1 cm³/mol. The zero-order valence-corrected chi connectivity index (χ0v) is 13.0. The average Bonchev–Trinajstić information content (AvgIpc) is 2.63. The van der Waals surface area contributed by atoms with Crippen molar-refractivity contribution in [3.05, 3.63) is 83.7 Å². The molecule has 0 atom stereocenters. The molecule has 3 rings (SSSR count). The molecule has 0 bridgehead atoms. The minimum absolute atomic E-state index is 0.314. The lowest BCUT2D eigenvalue weighted by molar-refractivity contribution is 0.102. The highest BCUT2D eigenvalue weighted by Gasteiger charge is 2.06. The molecule has 25 heavy (non-hydrogen) atoms. The largest absolute Gasteiger partial charge is 0.350 e. The number of nitrogens with zero attached hydrogens (tertiary/aromatic N) is 2. The fourth-order valence-electron chi connectivity index (χ4n) is 2.10. The Bertz CT molecular complexity index is 850.